The van der Waals surface area contributed by atoms with E-state index in [0.717, 1.165) is 0 Å². The van der Waals surface area contributed by atoms with Gasteiger partial charge < -0.3 is 10.8 Å². The highest BCUT2D eigenvalue weighted by Crippen LogP contribution is 2.19. The predicted octanol–water partition coefficient (Wildman–Crippen LogP) is 0.789. The molecule has 1 atom stereocenters. The lowest BCUT2D eigenvalue weighted by molar-refractivity contribution is 0.182. The minimum Gasteiger partial charge on any atom is -0.385 e. The highest BCUT2D eigenvalue weighted by atomic mass is 35.5. The summed E-state index contributed by atoms with van der Waals surface area (Å²) in [6.45, 7) is 0.181. The van der Waals surface area contributed by atoms with Crippen molar-refractivity contribution in [3.63, 3.8) is 0 Å². The Morgan fingerprint density at radius 1 is 1.90 bits per heavy atom. The molecule has 0 amide bonds. The molecule has 0 aromatic carbocycles. The monoisotopic (exact) mass is 178 g/mol. The molecule has 0 saturated heterocycles. The maximum atomic E-state index is 9.10. The van der Waals surface area contributed by atoms with Gasteiger partial charge in [0.1, 0.15) is 6.10 Å². The lowest BCUT2D eigenvalue weighted by Gasteiger charge is -2.00. The van der Waals surface area contributed by atoms with E-state index < -0.39 is 6.10 Å². The van der Waals surface area contributed by atoms with Crippen LogP contribution in [0.1, 0.15) is 11.8 Å². The molecule has 0 saturated carbocycles. The van der Waals surface area contributed by atoms with Crippen molar-refractivity contribution in [3.05, 3.63) is 15.5 Å². The zero-order chi connectivity index (χ0) is 7.56. The number of aliphatic hydroxyl groups excluding tert-OH is 1. The molecule has 3 N–H and O–H groups in total. The van der Waals surface area contributed by atoms with Gasteiger partial charge in [0.05, 0.1) is 5.69 Å². The molecule has 0 radical (unpaired) electrons. The molecule has 1 heterocycles. The minimum atomic E-state index is -0.677. The molecule has 1 rings (SSSR count). The number of aliphatic hydroxyl groups is 1. The van der Waals surface area contributed by atoms with Crippen LogP contribution >= 0.6 is 22.9 Å². The number of hydrogen-bond acceptors (Lipinski definition) is 4. The molecule has 3 nitrogen and oxygen atoms in total. The van der Waals surface area contributed by atoms with Gasteiger partial charge in [-0.05, 0) is 0 Å². The van der Waals surface area contributed by atoms with Gasteiger partial charge in [0.2, 0.25) is 0 Å². The zero-order valence-corrected chi connectivity index (χ0v) is 6.69. The second kappa shape index (κ2) is 3.30. The topological polar surface area (TPSA) is 59.1 Å². The molecule has 10 heavy (non-hydrogen) atoms. The molecule has 0 fully saturated rings. The number of aromatic nitrogens is 1. The summed E-state index contributed by atoms with van der Waals surface area (Å²) in [4.78, 5) is 3.84. The van der Waals surface area contributed by atoms with Crippen LogP contribution in [0.25, 0.3) is 0 Å². The number of nitrogens with two attached hydrogens (primary N) is 1. The van der Waals surface area contributed by atoms with Crippen LogP contribution in [0.15, 0.2) is 5.38 Å². The molecule has 0 aliphatic rings. The first-order valence-corrected chi connectivity index (χ1v) is 3.99. The molecule has 0 spiro atoms. The van der Waals surface area contributed by atoms with Gasteiger partial charge >= 0.3 is 0 Å². The molecule has 1 aromatic heterocycles. The summed E-state index contributed by atoms with van der Waals surface area (Å²) in [6, 6.07) is 0. The Hall–Kier alpha value is -0.160. The highest BCUT2D eigenvalue weighted by Gasteiger charge is 2.07. The van der Waals surface area contributed by atoms with Gasteiger partial charge in [-0.2, -0.15) is 0 Å². The van der Waals surface area contributed by atoms with Crippen molar-refractivity contribution < 1.29 is 5.11 Å². The molecule has 56 valence electrons. The third kappa shape index (κ3) is 1.67. The minimum absolute atomic E-state index is 0.181. The predicted molar refractivity (Wildman–Crippen MR) is 41.1 cm³/mol. The third-order valence-electron chi connectivity index (χ3n) is 1.06. The molecule has 0 aliphatic heterocycles. The standard InChI is InChI=1S/C5H7ClN2OS/c6-5-8-3(2-10-5)4(9)1-7/h2,4,9H,1,7H2. The first-order valence-electron chi connectivity index (χ1n) is 2.73. The average molecular weight is 179 g/mol. The number of hydrogen-bond donors (Lipinski definition) is 2. The fourth-order valence-electron chi connectivity index (χ4n) is 0.537. The Morgan fingerprint density at radius 2 is 2.60 bits per heavy atom. The van der Waals surface area contributed by atoms with Gasteiger partial charge in [-0.25, -0.2) is 4.98 Å². The van der Waals surface area contributed by atoms with Gasteiger partial charge in [0.25, 0.3) is 0 Å². The van der Waals surface area contributed by atoms with Gasteiger partial charge in [0.15, 0.2) is 4.47 Å². The van der Waals surface area contributed by atoms with Gasteiger partial charge in [0, 0.05) is 11.9 Å². The Kier molecular flexibility index (Phi) is 2.62. The normalized spacial score (nSPS) is 13.5. The van der Waals surface area contributed by atoms with E-state index in [-0.39, 0.29) is 6.54 Å². The highest BCUT2D eigenvalue weighted by molar-refractivity contribution is 7.13. The fourth-order valence-corrected chi connectivity index (χ4v) is 1.35. The SMILES string of the molecule is NCC(O)c1csc(Cl)n1. The maximum absolute atomic E-state index is 9.10. The van der Waals surface area contributed by atoms with E-state index in [2.05, 4.69) is 4.98 Å². The van der Waals surface area contributed by atoms with Crippen molar-refractivity contribution in [2.24, 2.45) is 5.73 Å². The molecule has 1 unspecified atom stereocenters. The smallest absolute Gasteiger partial charge is 0.183 e. The number of thiazole rings is 1. The summed E-state index contributed by atoms with van der Waals surface area (Å²) in [5.74, 6) is 0. The van der Waals surface area contributed by atoms with Crippen LogP contribution in [0.5, 0.6) is 0 Å². The number of nitrogens with zero attached hydrogens (tertiary/aromatic N) is 1. The lowest BCUT2D eigenvalue weighted by Crippen LogP contribution is -2.11. The Labute approximate surface area is 67.5 Å². The van der Waals surface area contributed by atoms with Crippen LogP contribution in [-0.2, 0) is 0 Å². The summed E-state index contributed by atoms with van der Waals surface area (Å²) < 4.78 is 0.433. The van der Waals surface area contributed by atoms with Crippen LogP contribution in [0.4, 0.5) is 0 Å². The third-order valence-corrected chi connectivity index (χ3v) is 2.06. The largest absolute Gasteiger partial charge is 0.385 e. The van der Waals surface area contributed by atoms with Crippen LogP contribution in [0.3, 0.4) is 0 Å². The second-order valence-electron chi connectivity index (χ2n) is 1.78. The van der Waals surface area contributed by atoms with E-state index in [1.54, 1.807) is 5.38 Å². The molecule has 5 heteroatoms. The van der Waals surface area contributed by atoms with Gasteiger partial charge in [-0.3, -0.25) is 0 Å². The van der Waals surface area contributed by atoms with Crippen molar-refractivity contribution >= 4 is 22.9 Å². The fraction of sp³-hybridized carbons (Fsp3) is 0.400. The van der Waals surface area contributed by atoms with E-state index >= 15 is 0 Å². The molecular weight excluding hydrogens is 172 g/mol. The van der Waals surface area contributed by atoms with Crippen molar-refractivity contribution in [2.45, 2.75) is 6.10 Å². The number of halogens is 1. The molecule has 1 aromatic rings. The van der Waals surface area contributed by atoms with Crippen molar-refractivity contribution in [1.29, 1.82) is 0 Å². The molecule has 0 bridgehead atoms. The van der Waals surface area contributed by atoms with Gasteiger partial charge in [-0.1, -0.05) is 11.6 Å². The second-order valence-corrected chi connectivity index (χ2v) is 3.22. The van der Waals surface area contributed by atoms with Crippen LogP contribution in [0, 0.1) is 0 Å². The number of rotatable bonds is 2. The van der Waals surface area contributed by atoms with E-state index in [4.69, 9.17) is 22.4 Å². The Bertz CT molecular complexity index is 215. The van der Waals surface area contributed by atoms with Gasteiger partial charge in [-0.15, -0.1) is 11.3 Å². The van der Waals surface area contributed by atoms with Crippen LogP contribution < -0.4 is 5.73 Å². The summed E-state index contributed by atoms with van der Waals surface area (Å²) >= 11 is 6.80. The quantitative estimate of drug-likeness (QED) is 0.704. The van der Waals surface area contributed by atoms with Crippen molar-refractivity contribution in [1.82, 2.24) is 4.98 Å². The van der Waals surface area contributed by atoms with E-state index in [0.29, 0.717) is 10.2 Å². The van der Waals surface area contributed by atoms with E-state index in [1.807, 2.05) is 0 Å². The Morgan fingerprint density at radius 3 is 3.00 bits per heavy atom. The van der Waals surface area contributed by atoms with Crippen molar-refractivity contribution in [2.75, 3.05) is 6.54 Å². The summed E-state index contributed by atoms with van der Waals surface area (Å²) in [6.07, 6.45) is -0.677. The van der Waals surface area contributed by atoms with Crippen LogP contribution in [-0.4, -0.2) is 16.6 Å². The lowest BCUT2D eigenvalue weighted by atomic mass is 10.3. The van der Waals surface area contributed by atoms with Crippen LogP contribution in [0.2, 0.25) is 4.47 Å². The Balaban J connectivity index is 2.74. The maximum Gasteiger partial charge on any atom is 0.183 e. The summed E-state index contributed by atoms with van der Waals surface area (Å²) in [5, 5.41) is 10.8. The van der Waals surface area contributed by atoms with E-state index in [9.17, 15) is 0 Å². The average Bonchev–Trinajstić information content (AvgIpc) is 2.34. The first kappa shape index (κ1) is 7.94. The molecular formula is C5H7ClN2OS. The van der Waals surface area contributed by atoms with E-state index in [1.165, 1.54) is 11.3 Å². The summed E-state index contributed by atoms with van der Waals surface area (Å²) in [5.41, 5.74) is 5.74. The van der Waals surface area contributed by atoms with Crippen molar-refractivity contribution in [3.8, 4) is 0 Å². The zero-order valence-electron chi connectivity index (χ0n) is 5.12. The summed E-state index contributed by atoms with van der Waals surface area (Å²) in [7, 11) is 0. The first-order chi connectivity index (χ1) is 4.74. The molecule has 0 aliphatic carbocycles.